The minimum atomic E-state index is -0.0419. The fourth-order valence-corrected chi connectivity index (χ4v) is 1.90. The summed E-state index contributed by atoms with van der Waals surface area (Å²) in [6, 6.07) is 5.84. The second-order valence-corrected chi connectivity index (χ2v) is 4.31. The predicted molar refractivity (Wildman–Crippen MR) is 65.9 cm³/mol. The lowest BCUT2D eigenvalue weighted by atomic mass is 10.1. The third-order valence-electron chi connectivity index (χ3n) is 1.80. The van der Waals surface area contributed by atoms with Crippen molar-refractivity contribution in [1.82, 2.24) is 0 Å². The molecule has 0 saturated carbocycles. The zero-order valence-corrected chi connectivity index (χ0v) is 10.0. The van der Waals surface area contributed by atoms with Gasteiger partial charge >= 0.3 is 0 Å². The van der Waals surface area contributed by atoms with Crippen LogP contribution in [-0.2, 0) is 0 Å². The fourth-order valence-electron chi connectivity index (χ4n) is 1.11. The summed E-state index contributed by atoms with van der Waals surface area (Å²) in [6.45, 7) is 3.65. The van der Waals surface area contributed by atoms with Gasteiger partial charge in [0.2, 0.25) is 0 Å². The van der Waals surface area contributed by atoms with Gasteiger partial charge in [-0.3, -0.25) is 0 Å². The van der Waals surface area contributed by atoms with E-state index >= 15 is 0 Å². The van der Waals surface area contributed by atoms with Gasteiger partial charge in [-0.15, -0.1) is 6.58 Å². The third-order valence-corrected chi connectivity index (χ3v) is 3.44. The Morgan fingerprint density at radius 1 is 1.62 bits per heavy atom. The van der Waals surface area contributed by atoms with Crippen LogP contribution >= 0.6 is 34.2 Å². The lowest BCUT2D eigenvalue weighted by Crippen LogP contribution is -2.09. The molecule has 0 fully saturated rings. The zero-order valence-electron chi connectivity index (χ0n) is 7.13. The molecule has 3 heteroatoms. The molecule has 0 aliphatic rings. The Morgan fingerprint density at radius 3 is 2.92 bits per heavy atom. The minimum Gasteiger partial charge on any atom is -0.324 e. The standard InChI is InChI=1S/C10H11ClIN/c1-2-4-9(13)7-5-3-6-8(12)10(7)11/h2-3,5-6,9H,1,4,13H2. The summed E-state index contributed by atoms with van der Waals surface area (Å²) in [5, 5.41) is 0.762. The molecule has 1 aromatic carbocycles. The predicted octanol–water partition coefficient (Wildman–Crippen LogP) is 3.52. The number of benzene rings is 1. The Morgan fingerprint density at radius 2 is 2.31 bits per heavy atom. The summed E-state index contributed by atoms with van der Waals surface area (Å²) >= 11 is 8.30. The first-order chi connectivity index (χ1) is 6.16. The molecule has 0 aromatic heterocycles. The van der Waals surface area contributed by atoms with Gasteiger partial charge in [0.15, 0.2) is 0 Å². The van der Waals surface area contributed by atoms with Crippen LogP contribution in [-0.4, -0.2) is 0 Å². The Hall–Kier alpha value is -0.0600. The molecule has 0 heterocycles. The SMILES string of the molecule is C=CCC(N)c1cccc(I)c1Cl. The van der Waals surface area contributed by atoms with E-state index < -0.39 is 0 Å². The molecular formula is C10H11ClIN. The molecule has 13 heavy (non-hydrogen) atoms. The molecule has 0 aliphatic heterocycles. The number of hydrogen-bond acceptors (Lipinski definition) is 1. The van der Waals surface area contributed by atoms with Gasteiger partial charge in [0, 0.05) is 9.61 Å². The molecule has 1 rings (SSSR count). The second-order valence-electron chi connectivity index (χ2n) is 2.77. The Bertz CT molecular complexity index is 312. The Balaban J connectivity index is 3.00. The van der Waals surface area contributed by atoms with E-state index in [1.807, 2.05) is 18.2 Å². The molecule has 0 bridgehead atoms. The van der Waals surface area contributed by atoms with E-state index in [0.717, 1.165) is 20.6 Å². The molecule has 1 aromatic rings. The maximum atomic E-state index is 6.10. The van der Waals surface area contributed by atoms with E-state index in [0.29, 0.717) is 0 Å². The normalized spacial score (nSPS) is 12.5. The topological polar surface area (TPSA) is 26.0 Å². The van der Waals surface area contributed by atoms with Crippen LogP contribution in [0.1, 0.15) is 18.0 Å². The van der Waals surface area contributed by atoms with E-state index in [-0.39, 0.29) is 6.04 Å². The van der Waals surface area contributed by atoms with Crippen LogP contribution in [0.4, 0.5) is 0 Å². The summed E-state index contributed by atoms with van der Waals surface area (Å²) in [5.41, 5.74) is 6.91. The van der Waals surface area contributed by atoms with Crippen molar-refractivity contribution in [3.8, 4) is 0 Å². The first kappa shape index (κ1) is 11.0. The maximum Gasteiger partial charge on any atom is 0.0587 e. The van der Waals surface area contributed by atoms with Crippen molar-refractivity contribution in [3.05, 3.63) is 45.0 Å². The van der Waals surface area contributed by atoms with Crippen LogP contribution < -0.4 is 5.73 Å². The highest BCUT2D eigenvalue weighted by Gasteiger charge is 2.09. The highest BCUT2D eigenvalue weighted by atomic mass is 127. The van der Waals surface area contributed by atoms with Crippen molar-refractivity contribution in [2.75, 3.05) is 0 Å². The zero-order chi connectivity index (χ0) is 9.84. The molecule has 1 nitrogen and oxygen atoms in total. The van der Waals surface area contributed by atoms with Gasteiger partial charge in [-0.2, -0.15) is 0 Å². The molecule has 0 amide bonds. The highest BCUT2D eigenvalue weighted by Crippen LogP contribution is 2.27. The van der Waals surface area contributed by atoms with Gasteiger partial charge in [0.05, 0.1) is 5.02 Å². The maximum absolute atomic E-state index is 6.10. The van der Waals surface area contributed by atoms with Crippen LogP contribution in [0.15, 0.2) is 30.9 Å². The van der Waals surface area contributed by atoms with E-state index in [9.17, 15) is 0 Å². The van der Waals surface area contributed by atoms with Crippen molar-refractivity contribution in [2.45, 2.75) is 12.5 Å². The summed E-state index contributed by atoms with van der Waals surface area (Å²) in [7, 11) is 0. The molecule has 0 saturated heterocycles. The summed E-state index contributed by atoms with van der Waals surface area (Å²) in [5.74, 6) is 0. The summed E-state index contributed by atoms with van der Waals surface area (Å²) in [4.78, 5) is 0. The monoisotopic (exact) mass is 307 g/mol. The van der Waals surface area contributed by atoms with Crippen LogP contribution in [0.2, 0.25) is 5.02 Å². The average Bonchev–Trinajstić information content (AvgIpc) is 2.10. The highest BCUT2D eigenvalue weighted by molar-refractivity contribution is 14.1. The van der Waals surface area contributed by atoms with Gasteiger partial charge in [0.1, 0.15) is 0 Å². The molecule has 0 aliphatic carbocycles. The van der Waals surface area contributed by atoms with E-state index in [1.54, 1.807) is 6.08 Å². The molecule has 1 unspecified atom stereocenters. The Kier molecular flexibility index (Phi) is 4.22. The number of nitrogens with two attached hydrogens (primary N) is 1. The minimum absolute atomic E-state index is 0.0419. The molecule has 1 atom stereocenters. The van der Waals surface area contributed by atoms with Gasteiger partial charge in [-0.05, 0) is 40.6 Å². The molecule has 0 radical (unpaired) electrons. The van der Waals surface area contributed by atoms with Crippen LogP contribution in [0, 0.1) is 3.57 Å². The summed E-state index contributed by atoms with van der Waals surface area (Å²) in [6.07, 6.45) is 2.56. The van der Waals surface area contributed by atoms with E-state index in [2.05, 4.69) is 29.2 Å². The number of halogens is 2. The van der Waals surface area contributed by atoms with Crippen molar-refractivity contribution < 1.29 is 0 Å². The quantitative estimate of drug-likeness (QED) is 0.671. The van der Waals surface area contributed by atoms with Gasteiger partial charge in [-0.1, -0.05) is 29.8 Å². The van der Waals surface area contributed by atoms with Crippen LogP contribution in [0.5, 0.6) is 0 Å². The summed E-state index contributed by atoms with van der Waals surface area (Å²) < 4.78 is 1.04. The average molecular weight is 308 g/mol. The van der Waals surface area contributed by atoms with Crippen molar-refractivity contribution >= 4 is 34.2 Å². The smallest absolute Gasteiger partial charge is 0.0587 e. The first-order valence-corrected chi connectivity index (χ1v) is 5.43. The van der Waals surface area contributed by atoms with Gasteiger partial charge in [-0.25, -0.2) is 0 Å². The molecule has 0 spiro atoms. The molecule has 2 N–H and O–H groups in total. The van der Waals surface area contributed by atoms with Crippen molar-refractivity contribution in [3.63, 3.8) is 0 Å². The van der Waals surface area contributed by atoms with Gasteiger partial charge < -0.3 is 5.73 Å². The number of hydrogen-bond donors (Lipinski definition) is 1. The van der Waals surface area contributed by atoms with Crippen LogP contribution in [0.3, 0.4) is 0 Å². The lowest BCUT2D eigenvalue weighted by Gasteiger charge is -2.12. The lowest BCUT2D eigenvalue weighted by molar-refractivity contribution is 0.741. The van der Waals surface area contributed by atoms with Crippen molar-refractivity contribution in [2.24, 2.45) is 5.73 Å². The fraction of sp³-hybridized carbons (Fsp3) is 0.200. The first-order valence-electron chi connectivity index (χ1n) is 3.97. The second kappa shape index (κ2) is 4.98. The largest absolute Gasteiger partial charge is 0.324 e. The third kappa shape index (κ3) is 2.69. The van der Waals surface area contributed by atoms with E-state index in [1.165, 1.54) is 0 Å². The molecule has 70 valence electrons. The van der Waals surface area contributed by atoms with Gasteiger partial charge in [0.25, 0.3) is 0 Å². The van der Waals surface area contributed by atoms with E-state index in [4.69, 9.17) is 17.3 Å². The Labute approximate surface area is 97.1 Å². The molecular weight excluding hydrogens is 296 g/mol. The number of rotatable bonds is 3. The van der Waals surface area contributed by atoms with Crippen LogP contribution in [0.25, 0.3) is 0 Å². The van der Waals surface area contributed by atoms with Crippen molar-refractivity contribution in [1.29, 1.82) is 0 Å².